The van der Waals surface area contributed by atoms with Gasteiger partial charge >= 0.3 is 5.97 Å². The van der Waals surface area contributed by atoms with Gasteiger partial charge in [0, 0.05) is 13.3 Å². The molecule has 0 bridgehead atoms. The molecule has 1 aliphatic carbocycles. The van der Waals surface area contributed by atoms with Crippen molar-refractivity contribution in [2.24, 2.45) is 0 Å². The van der Waals surface area contributed by atoms with Crippen molar-refractivity contribution < 1.29 is 18.4 Å². The normalized spacial score (nSPS) is 23.4. The molecule has 1 fully saturated rings. The summed E-state index contributed by atoms with van der Waals surface area (Å²) in [7, 11) is -3.86. The van der Waals surface area contributed by atoms with E-state index in [2.05, 4.69) is 74.3 Å². The van der Waals surface area contributed by atoms with Crippen LogP contribution in [0.25, 0.3) is 0 Å². The maximum absolute atomic E-state index is 11.2. The standard InChI is InChI=1S/C23H44O4Si2/c1-17-19(13-14-25-18(2)24)15-20(26-28(9,10)22(3,4)5)16-21(17)27-29(11,12)23(6,7)8/h13,20-21H,1,14-16H2,2-12H3/b19-13+/t20-,21+/m1/s1. The van der Waals surface area contributed by atoms with Crippen molar-refractivity contribution in [1.29, 1.82) is 0 Å². The van der Waals surface area contributed by atoms with E-state index in [1.165, 1.54) is 6.92 Å². The fourth-order valence-corrected chi connectivity index (χ4v) is 5.53. The van der Waals surface area contributed by atoms with E-state index in [-0.39, 0.29) is 34.9 Å². The zero-order valence-corrected chi connectivity index (χ0v) is 22.7. The van der Waals surface area contributed by atoms with Crippen LogP contribution in [0.3, 0.4) is 0 Å². The highest BCUT2D eigenvalue weighted by molar-refractivity contribution is 6.74. The van der Waals surface area contributed by atoms with Gasteiger partial charge in [0.2, 0.25) is 0 Å². The van der Waals surface area contributed by atoms with Gasteiger partial charge in [-0.3, -0.25) is 4.79 Å². The van der Waals surface area contributed by atoms with Gasteiger partial charge in [-0.1, -0.05) is 48.1 Å². The molecule has 0 aromatic heterocycles. The molecule has 0 spiro atoms. The molecular formula is C23H44O4Si2. The van der Waals surface area contributed by atoms with E-state index in [0.29, 0.717) is 0 Å². The summed E-state index contributed by atoms with van der Waals surface area (Å²) >= 11 is 0. The lowest BCUT2D eigenvalue weighted by Crippen LogP contribution is -2.49. The first-order chi connectivity index (χ1) is 12.9. The Morgan fingerprint density at radius 2 is 1.52 bits per heavy atom. The Morgan fingerprint density at radius 3 is 1.97 bits per heavy atom. The van der Waals surface area contributed by atoms with E-state index in [0.717, 1.165) is 24.0 Å². The molecule has 0 unspecified atom stereocenters. The van der Waals surface area contributed by atoms with Crippen LogP contribution >= 0.6 is 0 Å². The summed E-state index contributed by atoms with van der Waals surface area (Å²) < 4.78 is 18.7. The number of hydrogen-bond acceptors (Lipinski definition) is 4. The number of carbonyl (C=O) groups excluding carboxylic acids is 1. The van der Waals surface area contributed by atoms with Crippen molar-refractivity contribution in [3.8, 4) is 0 Å². The zero-order valence-electron chi connectivity index (χ0n) is 20.7. The molecule has 0 aromatic carbocycles. The Balaban J connectivity index is 3.14. The first-order valence-corrected chi connectivity index (χ1v) is 16.6. The fourth-order valence-electron chi connectivity index (χ4n) is 2.86. The summed E-state index contributed by atoms with van der Waals surface area (Å²) in [4.78, 5) is 11.2. The maximum Gasteiger partial charge on any atom is 0.302 e. The Bertz CT molecular complexity index is 636. The number of rotatable bonds is 6. The number of ether oxygens (including phenoxy) is 1. The molecule has 0 aliphatic heterocycles. The number of carbonyl (C=O) groups is 1. The topological polar surface area (TPSA) is 44.8 Å². The van der Waals surface area contributed by atoms with Gasteiger partial charge in [-0.15, -0.1) is 0 Å². The molecule has 1 aliphatic rings. The molecule has 168 valence electrons. The Kier molecular flexibility index (Phi) is 8.36. The first-order valence-electron chi connectivity index (χ1n) is 10.7. The van der Waals surface area contributed by atoms with Crippen LogP contribution in [0.1, 0.15) is 61.3 Å². The lowest BCUT2D eigenvalue weighted by Gasteiger charge is -2.45. The molecule has 0 radical (unpaired) electrons. The van der Waals surface area contributed by atoms with Crippen LogP contribution < -0.4 is 0 Å². The van der Waals surface area contributed by atoms with Gasteiger partial charge < -0.3 is 13.6 Å². The summed E-state index contributed by atoms with van der Waals surface area (Å²) in [5.41, 5.74) is 2.11. The minimum Gasteiger partial charge on any atom is -0.462 e. The van der Waals surface area contributed by atoms with Crippen LogP contribution in [0.2, 0.25) is 36.3 Å². The summed E-state index contributed by atoms with van der Waals surface area (Å²) in [5.74, 6) is -0.272. The highest BCUT2D eigenvalue weighted by Gasteiger charge is 2.44. The largest absolute Gasteiger partial charge is 0.462 e. The van der Waals surface area contributed by atoms with Crippen LogP contribution in [-0.2, 0) is 18.4 Å². The second-order valence-corrected chi connectivity index (χ2v) is 20.9. The average molecular weight is 441 g/mol. The van der Waals surface area contributed by atoms with Gasteiger partial charge in [0.15, 0.2) is 16.6 Å². The smallest absolute Gasteiger partial charge is 0.302 e. The summed E-state index contributed by atoms with van der Waals surface area (Å²) in [6, 6.07) is 0. The second kappa shape index (κ2) is 9.20. The van der Waals surface area contributed by atoms with E-state index in [9.17, 15) is 4.79 Å². The number of esters is 1. The SMILES string of the molecule is C=C1/C(=C/COC(C)=O)C[C@@H](O[Si](C)(C)C(C)(C)C)C[C@@H]1O[Si](C)(C)C(C)(C)C. The van der Waals surface area contributed by atoms with Crippen molar-refractivity contribution in [3.05, 3.63) is 23.8 Å². The third-order valence-corrected chi connectivity index (χ3v) is 15.9. The van der Waals surface area contributed by atoms with Gasteiger partial charge in [0.1, 0.15) is 6.61 Å². The van der Waals surface area contributed by atoms with Crippen molar-refractivity contribution >= 4 is 22.6 Å². The Labute approximate surface area is 181 Å². The van der Waals surface area contributed by atoms with Crippen LogP contribution in [0.5, 0.6) is 0 Å². The van der Waals surface area contributed by atoms with E-state index < -0.39 is 16.6 Å². The molecule has 0 saturated heterocycles. The van der Waals surface area contributed by atoms with Crippen molar-refractivity contribution in [3.63, 3.8) is 0 Å². The third-order valence-electron chi connectivity index (χ3n) is 6.85. The molecular weight excluding hydrogens is 396 g/mol. The average Bonchev–Trinajstić information content (AvgIpc) is 2.48. The molecule has 4 nitrogen and oxygen atoms in total. The van der Waals surface area contributed by atoms with Crippen molar-refractivity contribution in [2.75, 3.05) is 6.61 Å². The molecule has 0 heterocycles. The minimum atomic E-state index is -1.96. The molecule has 6 heteroatoms. The highest BCUT2D eigenvalue weighted by Crippen LogP contribution is 2.43. The molecule has 0 aromatic rings. The lowest BCUT2D eigenvalue weighted by atomic mass is 9.86. The Morgan fingerprint density at radius 1 is 1.03 bits per heavy atom. The fraction of sp³-hybridized carbons (Fsp3) is 0.783. The van der Waals surface area contributed by atoms with Gasteiger partial charge in [-0.25, -0.2) is 0 Å². The first kappa shape index (κ1) is 26.3. The zero-order chi connectivity index (χ0) is 22.8. The van der Waals surface area contributed by atoms with Crippen molar-refractivity contribution in [1.82, 2.24) is 0 Å². The maximum atomic E-state index is 11.2. The van der Waals surface area contributed by atoms with Gasteiger partial charge in [-0.2, -0.15) is 0 Å². The molecule has 1 saturated carbocycles. The predicted molar refractivity (Wildman–Crippen MR) is 127 cm³/mol. The lowest BCUT2D eigenvalue weighted by molar-refractivity contribution is -0.139. The van der Waals surface area contributed by atoms with Gasteiger partial charge in [-0.05, 0) is 59.9 Å². The molecule has 0 amide bonds. The molecule has 29 heavy (non-hydrogen) atoms. The Hall–Kier alpha value is -0.696. The minimum absolute atomic E-state index is 0.0528. The second-order valence-electron chi connectivity index (χ2n) is 11.4. The predicted octanol–water partition coefficient (Wildman–Crippen LogP) is 6.61. The highest BCUT2D eigenvalue weighted by atomic mass is 28.4. The van der Waals surface area contributed by atoms with Crippen LogP contribution in [0.15, 0.2) is 23.8 Å². The van der Waals surface area contributed by atoms with E-state index in [4.69, 9.17) is 13.6 Å². The van der Waals surface area contributed by atoms with E-state index >= 15 is 0 Å². The van der Waals surface area contributed by atoms with Crippen LogP contribution in [-0.4, -0.2) is 41.4 Å². The van der Waals surface area contributed by atoms with E-state index in [1.54, 1.807) is 0 Å². The van der Waals surface area contributed by atoms with E-state index in [1.807, 2.05) is 6.08 Å². The summed E-state index contributed by atoms with van der Waals surface area (Å²) in [6.07, 6.45) is 3.65. The van der Waals surface area contributed by atoms with Crippen LogP contribution in [0.4, 0.5) is 0 Å². The number of hydrogen-bond donors (Lipinski definition) is 0. The quantitative estimate of drug-likeness (QED) is 0.344. The third kappa shape index (κ3) is 7.19. The van der Waals surface area contributed by atoms with Gasteiger partial charge in [0.05, 0.1) is 12.2 Å². The molecule has 1 rings (SSSR count). The summed E-state index contributed by atoms with van der Waals surface area (Å²) in [6.45, 7) is 28.8. The van der Waals surface area contributed by atoms with Crippen molar-refractivity contribution in [2.45, 2.75) is 110 Å². The monoisotopic (exact) mass is 440 g/mol. The summed E-state index contributed by atoms with van der Waals surface area (Å²) in [5, 5.41) is 0.279. The van der Waals surface area contributed by atoms with Crippen LogP contribution in [0, 0.1) is 0 Å². The van der Waals surface area contributed by atoms with Gasteiger partial charge in [0.25, 0.3) is 0 Å². The molecule has 2 atom stereocenters. The molecule has 0 N–H and O–H groups in total.